The summed E-state index contributed by atoms with van der Waals surface area (Å²) in [6.45, 7) is 8.47. The highest BCUT2D eigenvalue weighted by Gasteiger charge is 2.15. The van der Waals surface area contributed by atoms with Crippen LogP contribution in [0, 0.1) is 13.5 Å². The van der Waals surface area contributed by atoms with Crippen LogP contribution in [0.3, 0.4) is 0 Å². The number of halogens is 1. The zero-order valence-corrected chi connectivity index (χ0v) is 8.35. The van der Waals surface area contributed by atoms with E-state index in [9.17, 15) is 8.42 Å². The summed E-state index contributed by atoms with van der Waals surface area (Å²) in [6.07, 6.45) is 0. The smallest absolute Gasteiger partial charge is 0.237 e. The van der Waals surface area contributed by atoms with E-state index in [1.807, 2.05) is 0 Å². The minimum Gasteiger partial charge on any atom is -0.237 e. The number of rotatable bonds is 1. The van der Waals surface area contributed by atoms with Crippen LogP contribution in [-0.4, -0.2) is 8.42 Å². The van der Waals surface area contributed by atoms with Crippen LogP contribution in [-0.2, 0) is 9.05 Å². The zero-order valence-electron chi connectivity index (χ0n) is 6.78. The van der Waals surface area contributed by atoms with E-state index in [1.54, 1.807) is 13.0 Å². The first kappa shape index (κ1) is 10.0. The van der Waals surface area contributed by atoms with Gasteiger partial charge in [0.05, 0.1) is 11.5 Å². The van der Waals surface area contributed by atoms with Crippen LogP contribution in [0.5, 0.6) is 0 Å². The van der Waals surface area contributed by atoms with Gasteiger partial charge in [-0.1, -0.05) is 17.7 Å². The van der Waals surface area contributed by atoms with Crippen LogP contribution in [0.25, 0.3) is 4.85 Å². The van der Waals surface area contributed by atoms with E-state index in [2.05, 4.69) is 4.85 Å². The Morgan fingerprint density at radius 1 is 1.46 bits per heavy atom. The van der Waals surface area contributed by atoms with Gasteiger partial charge in [-0.05, 0) is 13.0 Å². The third-order valence-electron chi connectivity index (χ3n) is 1.50. The maximum Gasteiger partial charge on any atom is 0.251 e. The summed E-state index contributed by atoms with van der Waals surface area (Å²) in [5.74, 6) is 0. The SMILES string of the molecule is [C-]#[N+]c1ccc(C)cc1S(=O)(=O)Cl. The maximum absolute atomic E-state index is 11.0. The Kier molecular flexibility index (Phi) is 2.60. The number of hydrogen-bond acceptors (Lipinski definition) is 2. The van der Waals surface area contributed by atoms with Gasteiger partial charge in [-0.25, -0.2) is 13.3 Å². The van der Waals surface area contributed by atoms with Crippen molar-refractivity contribution in [2.45, 2.75) is 11.8 Å². The highest BCUT2D eigenvalue weighted by Crippen LogP contribution is 2.27. The molecule has 0 spiro atoms. The van der Waals surface area contributed by atoms with Crippen molar-refractivity contribution in [3.8, 4) is 0 Å². The van der Waals surface area contributed by atoms with E-state index in [1.165, 1.54) is 12.1 Å². The minimum atomic E-state index is -3.81. The fourth-order valence-electron chi connectivity index (χ4n) is 0.909. The molecule has 0 saturated carbocycles. The Bertz CT molecular complexity index is 473. The summed E-state index contributed by atoms with van der Waals surface area (Å²) < 4.78 is 22.0. The normalized spacial score (nSPS) is 10.8. The van der Waals surface area contributed by atoms with Crippen molar-refractivity contribution in [3.05, 3.63) is 35.2 Å². The first-order valence-corrected chi connectivity index (χ1v) is 5.69. The molecule has 1 aromatic carbocycles. The van der Waals surface area contributed by atoms with E-state index < -0.39 is 9.05 Å². The van der Waals surface area contributed by atoms with Gasteiger partial charge in [0.25, 0.3) is 9.05 Å². The molecule has 1 aromatic rings. The van der Waals surface area contributed by atoms with Gasteiger partial charge in [-0.15, -0.1) is 0 Å². The molecule has 0 amide bonds. The summed E-state index contributed by atoms with van der Waals surface area (Å²) in [5, 5.41) is 0. The molecule has 0 unspecified atom stereocenters. The van der Waals surface area contributed by atoms with Crippen molar-refractivity contribution in [2.75, 3.05) is 0 Å². The van der Waals surface area contributed by atoms with Gasteiger partial charge in [0.1, 0.15) is 0 Å². The first-order valence-electron chi connectivity index (χ1n) is 3.38. The predicted octanol–water partition coefficient (Wildman–Crippen LogP) is 2.47. The van der Waals surface area contributed by atoms with Crippen molar-refractivity contribution in [1.82, 2.24) is 0 Å². The molecular formula is C8H6ClNO2S. The van der Waals surface area contributed by atoms with Crippen LogP contribution in [0.1, 0.15) is 5.56 Å². The molecule has 5 heteroatoms. The summed E-state index contributed by atoms with van der Waals surface area (Å²) in [7, 11) is 1.33. The summed E-state index contributed by atoms with van der Waals surface area (Å²) in [4.78, 5) is 2.94. The second-order valence-corrected chi connectivity index (χ2v) is 5.06. The molecule has 0 saturated heterocycles. The van der Waals surface area contributed by atoms with Crippen molar-refractivity contribution in [3.63, 3.8) is 0 Å². The van der Waals surface area contributed by atoms with Crippen LogP contribution < -0.4 is 0 Å². The molecule has 0 aliphatic carbocycles. The average Bonchev–Trinajstić information content (AvgIpc) is 2.03. The summed E-state index contributed by atoms with van der Waals surface area (Å²) in [6, 6.07) is 4.49. The number of nitrogens with zero attached hydrogens (tertiary/aromatic N) is 1. The molecule has 0 fully saturated rings. The van der Waals surface area contributed by atoms with Gasteiger partial charge in [0.15, 0.2) is 0 Å². The van der Waals surface area contributed by atoms with Gasteiger partial charge < -0.3 is 0 Å². The largest absolute Gasteiger partial charge is 0.251 e. The van der Waals surface area contributed by atoms with Crippen molar-refractivity contribution < 1.29 is 8.42 Å². The van der Waals surface area contributed by atoms with Gasteiger partial charge >= 0.3 is 0 Å². The second-order valence-electron chi connectivity index (χ2n) is 2.52. The van der Waals surface area contributed by atoms with Crippen LogP contribution >= 0.6 is 10.7 Å². The molecule has 1 rings (SSSR count). The van der Waals surface area contributed by atoms with Gasteiger partial charge in [0, 0.05) is 10.7 Å². The van der Waals surface area contributed by atoms with Crippen LogP contribution in [0.4, 0.5) is 5.69 Å². The Hall–Kier alpha value is -1.05. The molecule has 0 aliphatic heterocycles. The molecule has 0 radical (unpaired) electrons. The number of hydrogen-bond donors (Lipinski definition) is 0. The first-order chi connectivity index (χ1) is 5.95. The third kappa shape index (κ3) is 2.20. The zero-order chi connectivity index (χ0) is 10.1. The average molecular weight is 216 g/mol. The lowest BCUT2D eigenvalue weighted by Crippen LogP contribution is -1.91. The lowest BCUT2D eigenvalue weighted by molar-refractivity contribution is 0.610. The Morgan fingerprint density at radius 3 is 2.54 bits per heavy atom. The van der Waals surface area contributed by atoms with E-state index in [0.29, 0.717) is 0 Å². The molecule has 68 valence electrons. The van der Waals surface area contributed by atoms with E-state index >= 15 is 0 Å². The predicted molar refractivity (Wildman–Crippen MR) is 50.5 cm³/mol. The Labute approximate surface area is 81.2 Å². The van der Waals surface area contributed by atoms with Crippen molar-refractivity contribution in [1.29, 1.82) is 0 Å². The monoisotopic (exact) mass is 215 g/mol. The molecule has 0 bridgehead atoms. The van der Waals surface area contributed by atoms with E-state index in [-0.39, 0.29) is 10.6 Å². The quantitative estimate of drug-likeness (QED) is 0.533. The van der Waals surface area contributed by atoms with E-state index in [4.69, 9.17) is 17.3 Å². The molecule has 0 atom stereocenters. The number of benzene rings is 1. The minimum absolute atomic E-state index is 0.0561. The molecule has 0 aliphatic rings. The molecule has 3 nitrogen and oxygen atoms in total. The van der Waals surface area contributed by atoms with Crippen LogP contribution in [0.2, 0.25) is 0 Å². The third-order valence-corrected chi connectivity index (χ3v) is 2.85. The maximum atomic E-state index is 11.0. The Balaban J connectivity index is 3.53. The van der Waals surface area contributed by atoms with Gasteiger partial charge in [-0.2, -0.15) is 0 Å². The topological polar surface area (TPSA) is 38.5 Å². The Morgan fingerprint density at radius 2 is 2.08 bits per heavy atom. The highest BCUT2D eigenvalue weighted by atomic mass is 35.7. The lowest BCUT2D eigenvalue weighted by Gasteiger charge is -2.00. The van der Waals surface area contributed by atoms with Crippen molar-refractivity contribution >= 4 is 25.4 Å². The van der Waals surface area contributed by atoms with Crippen LogP contribution in [0.15, 0.2) is 23.1 Å². The van der Waals surface area contributed by atoms with Crippen molar-refractivity contribution in [2.24, 2.45) is 0 Å². The fourth-order valence-corrected chi connectivity index (χ4v) is 1.97. The highest BCUT2D eigenvalue weighted by molar-refractivity contribution is 8.13. The molecular weight excluding hydrogens is 210 g/mol. The molecule has 0 N–H and O–H groups in total. The molecule has 0 aromatic heterocycles. The molecule has 0 heterocycles. The standard InChI is InChI=1S/C8H6ClNO2S/c1-6-3-4-7(10-2)8(5-6)13(9,11)12/h3-5H,1H3. The van der Waals surface area contributed by atoms with E-state index in [0.717, 1.165) is 5.56 Å². The molecule has 13 heavy (non-hydrogen) atoms. The summed E-state index contributed by atoms with van der Waals surface area (Å²) >= 11 is 0. The lowest BCUT2D eigenvalue weighted by atomic mass is 10.2. The number of aryl methyl sites for hydroxylation is 1. The fraction of sp³-hybridized carbons (Fsp3) is 0.125. The summed E-state index contributed by atoms with van der Waals surface area (Å²) in [5.41, 5.74) is 0.812. The second kappa shape index (κ2) is 3.36. The van der Waals surface area contributed by atoms with Gasteiger partial charge in [-0.3, -0.25) is 0 Å². The van der Waals surface area contributed by atoms with Gasteiger partial charge in [0.2, 0.25) is 5.69 Å².